The normalized spacial score (nSPS) is 12.5. The lowest BCUT2D eigenvalue weighted by Crippen LogP contribution is -2.23. The Balaban J connectivity index is 1.75. The van der Waals surface area contributed by atoms with Crippen LogP contribution in [0.4, 0.5) is 0 Å². The predicted molar refractivity (Wildman–Crippen MR) is 106 cm³/mol. The highest BCUT2D eigenvalue weighted by atomic mass is 16.1. The fourth-order valence-electron chi connectivity index (χ4n) is 3.98. The summed E-state index contributed by atoms with van der Waals surface area (Å²) in [7, 11) is 0. The number of benzene rings is 3. The Morgan fingerprint density at radius 2 is 1.35 bits per heavy atom. The van der Waals surface area contributed by atoms with Crippen LogP contribution >= 0.6 is 0 Å². The lowest BCUT2D eigenvalue weighted by molar-refractivity contribution is -0.121. The standard InChI is InChI=1S/C24H23NO/c1-2-9-23(26)25-16-17-10-3-4-11-18(17)24-21-14-7-5-12-19(21)20-13-6-8-15-22(20)24/h3-8,10-15,24H,2,9,16H2,1H3,(H,25,26). The molecule has 1 aliphatic carbocycles. The number of carbonyl (C=O) groups excluding carboxylic acids is 1. The molecule has 0 radical (unpaired) electrons. The van der Waals surface area contributed by atoms with Crippen molar-refractivity contribution in [3.05, 3.63) is 95.1 Å². The number of hydrogen-bond donors (Lipinski definition) is 1. The quantitative estimate of drug-likeness (QED) is 0.527. The fourth-order valence-corrected chi connectivity index (χ4v) is 3.98. The van der Waals surface area contributed by atoms with Gasteiger partial charge in [-0.15, -0.1) is 0 Å². The summed E-state index contributed by atoms with van der Waals surface area (Å²) >= 11 is 0. The Kier molecular flexibility index (Phi) is 4.57. The molecule has 0 unspecified atom stereocenters. The van der Waals surface area contributed by atoms with Crippen LogP contribution in [0.25, 0.3) is 11.1 Å². The smallest absolute Gasteiger partial charge is 0.220 e. The maximum absolute atomic E-state index is 11.9. The van der Waals surface area contributed by atoms with Gasteiger partial charge in [0.15, 0.2) is 0 Å². The SMILES string of the molecule is CCCC(=O)NCc1ccccc1C1c2ccccc2-c2ccccc21. The number of amides is 1. The highest BCUT2D eigenvalue weighted by Crippen LogP contribution is 2.48. The van der Waals surface area contributed by atoms with E-state index in [4.69, 9.17) is 0 Å². The molecule has 0 aromatic heterocycles. The van der Waals surface area contributed by atoms with Gasteiger partial charge in [-0.25, -0.2) is 0 Å². The number of carbonyl (C=O) groups is 1. The molecule has 0 bridgehead atoms. The zero-order valence-corrected chi connectivity index (χ0v) is 15.0. The summed E-state index contributed by atoms with van der Waals surface area (Å²) in [6.07, 6.45) is 1.45. The summed E-state index contributed by atoms with van der Waals surface area (Å²) in [6.45, 7) is 2.61. The summed E-state index contributed by atoms with van der Waals surface area (Å²) < 4.78 is 0. The van der Waals surface area contributed by atoms with E-state index in [1.807, 2.05) is 6.92 Å². The largest absolute Gasteiger partial charge is 0.352 e. The summed E-state index contributed by atoms with van der Waals surface area (Å²) in [5.41, 5.74) is 7.80. The van der Waals surface area contributed by atoms with E-state index in [9.17, 15) is 4.79 Å². The Morgan fingerprint density at radius 1 is 0.808 bits per heavy atom. The van der Waals surface area contributed by atoms with Crippen LogP contribution in [0.1, 0.15) is 47.9 Å². The highest BCUT2D eigenvalue weighted by Gasteiger charge is 2.30. The minimum atomic E-state index is 0.120. The van der Waals surface area contributed by atoms with Crippen LogP contribution in [-0.4, -0.2) is 5.91 Å². The first-order valence-corrected chi connectivity index (χ1v) is 9.32. The van der Waals surface area contributed by atoms with Crippen molar-refractivity contribution in [2.45, 2.75) is 32.2 Å². The third-order valence-corrected chi connectivity index (χ3v) is 5.15. The van der Waals surface area contributed by atoms with Crippen LogP contribution in [0, 0.1) is 0 Å². The van der Waals surface area contributed by atoms with Gasteiger partial charge >= 0.3 is 0 Å². The second-order valence-corrected chi connectivity index (χ2v) is 6.83. The van der Waals surface area contributed by atoms with E-state index in [-0.39, 0.29) is 11.8 Å². The van der Waals surface area contributed by atoms with Gasteiger partial charge in [-0.2, -0.15) is 0 Å². The van der Waals surface area contributed by atoms with Crippen LogP contribution in [0.3, 0.4) is 0 Å². The van der Waals surface area contributed by atoms with Crippen LogP contribution in [0.2, 0.25) is 0 Å². The van der Waals surface area contributed by atoms with E-state index >= 15 is 0 Å². The van der Waals surface area contributed by atoms with Gasteiger partial charge in [-0.1, -0.05) is 79.7 Å². The molecule has 1 aliphatic rings. The van der Waals surface area contributed by atoms with Crippen molar-refractivity contribution in [3.8, 4) is 11.1 Å². The minimum Gasteiger partial charge on any atom is -0.352 e. The molecule has 3 aromatic carbocycles. The Morgan fingerprint density at radius 3 is 1.96 bits per heavy atom. The van der Waals surface area contributed by atoms with E-state index in [1.165, 1.54) is 33.4 Å². The van der Waals surface area contributed by atoms with Crippen LogP contribution in [0.15, 0.2) is 72.8 Å². The average molecular weight is 341 g/mol. The van der Waals surface area contributed by atoms with E-state index < -0.39 is 0 Å². The zero-order valence-electron chi connectivity index (χ0n) is 15.0. The van der Waals surface area contributed by atoms with Crippen molar-refractivity contribution in [3.63, 3.8) is 0 Å². The van der Waals surface area contributed by atoms with Gasteiger partial charge in [-0.3, -0.25) is 4.79 Å². The van der Waals surface area contributed by atoms with Crippen molar-refractivity contribution >= 4 is 5.91 Å². The lowest BCUT2D eigenvalue weighted by Gasteiger charge is -2.19. The zero-order chi connectivity index (χ0) is 17.9. The summed E-state index contributed by atoms with van der Waals surface area (Å²) in [6, 6.07) is 25.8. The highest BCUT2D eigenvalue weighted by molar-refractivity contribution is 5.81. The van der Waals surface area contributed by atoms with Crippen LogP contribution in [0.5, 0.6) is 0 Å². The van der Waals surface area contributed by atoms with Gasteiger partial charge in [-0.05, 0) is 39.8 Å². The lowest BCUT2D eigenvalue weighted by atomic mass is 9.86. The van der Waals surface area contributed by atoms with Crippen LogP contribution < -0.4 is 5.32 Å². The molecule has 0 fully saturated rings. The molecule has 0 saturated carbocycles. The molecular weight excluding hydrogens is 318 g/mol. The second kappa shape index (κ2) is 7.17. The average Bonchev–Trinajstić information content (AvgIpc) is 3.01. The molecule has 26 heavy (non-hydrogen) atoms. The third-order valence-electron chi connectivity index (χ3n) is 5.15. The number of rotatable bonds is 5. The van der Waals surface area contributed by atoms with Crippen molar-refractivity contribution < 1.29 is 4.79 Å². The molecule has 0 atom stereocenters. The molecule has 0 aliphatic heterocycles. The molecule has 0 saturated heterocycles. The van der Waals surface area contributed by atoms with E-state index in [1.54, 1.807) is 0 Å². The van der Waals surface area contributed by atoms with E-state index in [0.717, 1.165) is 6.42 Å². The van der Waals surface area contributed by atoms with Gasteiger partial charge in [0, 0.05) is 18.9 Å². The predicted octanol–water partition coefficient (Wildman–Crippen LogP) is 5.26. The molecule has 1 N–H and O–H groups in total. The first kappa shape index (κ1) is 16.6. The molecule has 4 rings (SSSR count). The van der Waals surface area contributed by atoms with Gasteiger partial charge in [0.2, 0.25) is 5.91 Å². The first-order chi connectivity index (χ1) is 12.8. The summed E-state index contributed by atoms with van der Waals surface area (Å²) in [5, 5.41) is 3.07. The molecular formula is C24H23NO. The second-order valence-electron chi connectivity index (χ2n) is 6.83. The monoisotopic (exact) mass is 341 g/mol. The molecule has 2 heteroatoms. The topological polar surface area (TPSA) is 29.1 Å². The van der Waals surface area contributed by atoms with Crippen LogP contribution in [-0.2, 0) is 11.3 Å². The van der Waals surface area contributed by atoms with E-state index in [2.05, 4.69) is 78.1 Å². The fraction of sp³-hybridized carbons (Fsp3) is 0.208. The van der Waals surface area contributed by atoms with E-state index in [0.29, 0.717) is 13.0 Å². The van der Waals surface area contributed by atoms with Gasteiger partial charge in [0.25, 0.3) is 0 Å². The number of nitrogens with one attached hydrogen (secondary N) is 1. The molecule has 0 spiro atoms. The van der Waals surface area contributed by atoms with Gasteiger partial charge in [0.05, 0.1) is 0 Å². The number of hydrogen-bond acceptors (Lipinski definition) is 1. The molecule has 2 nitrogen and oxygen atoms in total. The van der Waals surface area contributed by atoms with Gasteiger partial charge in [0.1, 0.15) is 0 Å². The molecule has 3 aromatic rings. The van der Waals surface area contributed by atoms with Gasteiger partial charge < -0.3 is 5.32 Å². The van der Waals surface area contributed by atoms with Crippen molar-refractivity contribution in [2.24, 2.45) is 0 Å². The molecule has 0 heterocycles. The minimum absolute atomic E-state index is 0.120. The Labute approximate surface area is 154 Å². The van der Waals surface area contributed by atoms with Crippen molar-refractivity contribution in [1.29, 1.82) is 0 Å². The summed E-state index contributed by atoms with van der Waals surface area (Å²) in [5.74, 6) is 0.344. The number of fused-ring (bicyclic) bond motifs is 3. The maximum Gasteiger partial charge on any atom is 0.220 e. The Bertz CT molecular complexity index is 899. The summed E-state index contributed by atoms with van der Waals surface area (Å²) in [4.78, 5) is 11.9. The molecule has 130 valence electrons. The first-order valence-electron chi connectivity index (χ1n) is 9.32. The maximum atomic E-state index is 11.9. The Hall–Kier alpha value is -2.87. The van der Waals surface area contributed by atoms with Crippen molar-refractivity contribution in [1.82, 2.24) is 5.32 Å². The third kappa shape index (κ3) is 2.92. The van der Waals surface area contributed by atoms with Crippen molar-refractivity contribution in [2.75, 3.05) is 0 Å². The molecule has 1 amide bonds.